The van der Waals surface area contributed by atoms with Gasteiger partial charge >= 0.3 is 0 Å². The molecule has 27 heavy (non-hydrogen) atoms. The molecular formula is C21H32N4O2. The van der Waals surface area contributed by atoms with Crippen LogP contribution < -0.4 is 0 Å². The van der Waals surface area contributed by atoms with Gasteiger partial charge in [0.05, 0.1) is 5.69 Å². The predicted molar refractivity (Wildman–Crippen MR) is 104 cm³/mol. The van der Waals surface area contributed by atoms with Crippen LogP contribution in [0.1, 0.15) is 73.6 Å². The largest absolute Gasteiger partial charge is 0.340 e. The number of hydrogen-bond donors (Lipinski definition) is 0. The summed E-state index contributed by atoms with van der Waals surface area (Å²) < 4.78 is 1.81. The van der Waals surface area contributed by atoms with Gasteiger partial charge in [0.1, 0.15) is 5.69 Å². The van der Waals surface area contributed by atoms with Gasteiger partial charge in [0, 0.05) is 45.2 Å². The number of piperidine rings is 2. The van der Waals surface area contributed by atoms with Gasteiger partial charge in [-0.05, 0) is 63.7 Å². The number of carbonyl (C=O) groups is 2. The lowest BCUT2D eigenvalue weighted by atomic mass is 9.83. The van der Waals surface area contributed by atoms with Gasteiger partial charge in [-0.3, -0.25) is 14.3 Å². The van der Waals surface area contributed by atoms with Crippen molar-refractivity contribution >= 4 is 11.8 Å². The number of amides is 2. The molecule has 0 saturated carbocycles. The van der Waals surface area contributed by atoms with Crippen LogP contribution in [0.2, 0.25) is 0 Å². The lowest BCUT2D eigenvalue weighted by molar-refractivity contribution is -0.134. The number of rotatable bonds is 2. The Morgan fingerprint density at radius 1 is 0.963 bits per heavy atom. The Kier molecular flexibility index (Phi) is 5.24. The second kappa shape index (κ2) is 7.64. The number of aromatic nitrogens is 2. The fourth-order valence-electron chi connectivity index (χ4n) is 5.42. The maximum Gasteiger partial charge on any atom is 0.272 e. The summed E-state index contributed by atoms with van der Waals surface area (Å²) in [6.07, 6.45) is 9.78. The van der Waals surface area contributed by atoms with Crippen molar-refractivity contribution in [1.82, 2.24) is 19.6 Å². The molecule has 1 aromatic rings. The first kappa shape index (κ1) is 18.5. The topological polar surface area (TPSA) is 58.4 Å². The van der Waals surface area contributed by atoms with E-state index in [9.17, 15) is 9.59 Å². The molecular weight excluding hydrogens is 340 g/mol. The molecule has 0 N–H and O–H groups in total. The Labute approximate surface area is 161 Å². The lowest BCUT2D eigenvalue weighted by Gasteiger charge is -2.43. The fraction of sp³-hybridized carbons (Fsp3) is 0.762. The Morgan fingerprint density at radius 3 is 2.44 bits per heavy atom. The molecule has 0 bridgehead atoms. The predicted octanol–water partition coefficient (Wildman–Crippen LogP) is 2.55. The van der Waals surface area contributed by atoms with Crippen LogP contribution in [-0.4, -0.2) is 57.1 Å². The van der Waals surface area contributed by atoms with E-state index in [1.54, 1.807) is 6.92 Å². The van der Waals surface area contributed by atoms with E-state index in [4.69, 9.17) is 0 Å². The number of carbonyl (C=O) groups excluding carboxylic acids is 2. The first-order valence-electron chi connectivity index (χ1n) is 10.7. The Bertz CT molecular complexity index is 718. The molecule has 0 unspecified atom stereocenters. The number of aryl methyl sites for hydroxylation is 2. The average Bonchev–Trinajstić information content (AvgIpc) is 3.03. The van der Waals surface area contributed by atoms with Crippen molar-refractivity contribution in [3.05, 3.63) is 17.0 Å². The third-order valence-electron chi connectivity index (χ3n) is 6.85. The lowest BCUT2D eigenvalue weighted by Crippen LogP contribution is -2.50. The van der Waals surface area contributed by atoms with Crippen molar-refractivity contribution in [2.75, 3.05) is 19.6 Å². The molecule has 3 heterocycles. The van der Waals surface area contributed by atoms with E-state index in [-0.39, 0.29) is 11.8 Å². The maximum absolute atomic E-state index is 13.2. The van der Waals surface area contributed by atoms with Gasteiger partial charge in [-0.1, -0.05) is 0 Å². The minimum absolute atomic E-state index is 0.152. The zero-order chi connectivity index (χ0) is 19.0. The maximum atomic E-state index is 13.2. The second-order valence-electron chi connectivity index (χ2n) is 8.51. The Hall–Kier alpha value is -1.85. The molecule has 1 aromatic heterocycles. The molecule has 2 aliphatic heterocycles. The third-order valence-corrected chi connectivity index (χ3v) is 6.85. The van der Waals surface area contributed by atoms with Crippen LogP contribution in [-0.2, 0) is 24.7 Å². The summed E-state index contributed by atoms with van der Waals surface area (Å²) in [5.74, 6) is 0.886. The van der Waals surface area contributed by atoms with Crippen molar-refractivity contribution in [3.63, 3.8) is 0 Å². The van der Waals surface area contributed by atoms with Crippen molar-refractivity contribution in [1.29, 1.82) is 0 Å². The van der Waals surface area contributed by atoms with Crippen LogP contribution in [0, 0.1) is 5.92 Å². The van der Waals surface area contributed by atoms with Crippen LogP contribution in [0.25, 0.3) is 0 Å². The molecule has 1 atom stereocenters. The van der Waals surface area contributed by atoms with Crippen molar-refractivity contribution in [2.24, 2.45) is 13.0 Å². The zero-order valence-corrected chi connectivity index (χ0v) is 16.7. The SMILES string of the molecule is CC(=O)N1CCCC[C@@H]1C1CCN(C(=O)c2c3c(nn2C)CCCC3)CC1. The summed E-state index contributed by atoms with van der Waals surface area (Å²) in [5.41, 5.74) is 3.12. The van der Waals surface area contributed by atoms with Gasteiger partial charge < -0.3 is 9.80 Å². The van der Waals surface area contributed by atoms with Crippen molar-refractivity contribution < 1.29 is 9.59 Å². The van der Waals surface area contributed by atoms with Gasteiger partial charge in [-0.15, -0.1) is 0 Å². The summed E-state index contributed by atoms with van der Waals surface area (Å²) >= 11 is 0. The van der Waals surface area contributed by atoms with Crippen LogP contribution in [0.3, 0.4) is 0 Å². The smallest absolute Gasteiger partial charge is 0.272 e. The molecule has 2 saturated heterocycles. The Balaban J connectivity index is 1.43. The van der Waals surface area contributed by atoms with E-state index in [0.717, 1.165) is 76.0 Å². The minimum atomic E-state index is 0.152. The fourth-order valence-corrected chi connectivity index (χ4v) is 5.42. The number of fused-ring (bicyclic) bond motifs is 1. The molecule has 3 aliphatic rings. The highest BCUT2D eigenvalue weighted by molar-refractivity contribution is 5.94. The van der Waals surface area contributed by atoms with Crippen LogP contribution >= 0.6 is 0 Å². The average molecular weight is 373 g/mol. The van der Waals surface area contributed by atoms with E-state index in [1.807, 2.05) is 16.6 Å². The van der Waals surface area contributed by atoms with Gasteiger partial charge in [-0.25, -0.2) is 0 Å². The molecule has 6 heteroatoms. The van der Waals surface area contributed by atoms with Gasteiger partial charge in [0.25, 0.3) is 5.91 Å². The van der Waals surface area contributed by atoms with E-state index in [0.29, 0.717) is 12.0 Å². The van der Waals surface area contributed by atoms with E-state index < -0.39 is 0 Å². The summed E-state index contributed by atoms with van der Waals surface area (Å²) in [7, 11) is 1.91. The number of likely N-dealkylation sites (tertiary alicyclic amines) is 2. The molecule has 2 fully saturated rings. The molecule has 148 valence electrons. The van der Waals surface area contributed by atoms with Crippen LogP contribution in [0.4, 0.5) is 0 Å². The molecule has 0 radical (unpaired) electrons. The highest BCUT2D eigenvalue weighted by Crippen LogP contribution is 2.32. The van der Waals surface area contributed by atoms with Crippen molar-refractivity contribution in [3.8, 4) is 0 Å². The molecule has 4 rings (SSSR count). The first-order chi connectivity index (χ1) is 13.1. The Morgan fingerprint density at radius 2 is 1.70 bits per heavy atom. The highest BCUT2D eigenvalue weighted by atomic mass is 16.2. The van der Waals surface area contributed by atoms with Crippen LogP contribution in [0.5, 0.6) is 0 Å². The van der Waals surface area contributed by atoms with Crippen LogP contribution in [0.15, 0.2) is 0 Å². The summed E-state index contributed by atoms with van der Waals surface area (Å²) in [5, 5.41) is 4.61. The van der Waals surface area contributed by atoms with E-state index >= 15 is 0 Å². The summed E-state index contributed by atoms with van der Waals surface area (Å²) in [6.45, 7) is 4.19. The normalized spacial score (nSPS) is 24.0. The third kappa shape index (κ3) is 3.50. The summed E-state index contributed by atoms with van der Waals surface area (Å²) in [4.78, 5) is 29.3. The molecule has 6 nitrogen and oxygen atoms in total. The number of nitrogens with zero attached hydrogens (tertiary/aromatic N) is 4. The highest BCUT2D eigenvalue weighted by Gasteiger charge is 2.36. The minimum Gasteiger partial charge on any atom is -0.340 e. The quantitative estimate of drug-likeness (QED) is 0.802. The molecule has 2 amide bonds. The van der Waals surface area contributed by atoms with Gasteiger partial charge in [0.2, 0.25) is 5.91 Å². The van der Waals surface area contributed by atoms with Gasteiger partial charge in [-0.2, -0.15) is 5.10 Å². The molecule has 1 aliphatic carbocycles. The molecule has 0 spiro atoms. The van der Waals surface area contributed by atoms with E-state index in [1.165, 1.54) is 18.4 Å². The van der Waals surface area contributed by atoms with Gasteiger partial charge in [0.15, 0.2) is 0 Å². The second-order valence-corrected chi connectivity index (χ2v) is 8.51. The zero-order valence-electron chi connectivity index (χ0n) is 16.7. The summed E-state index contributed by atoms with van der Waals surface area (Å²) in [6, 6.07) is 0.373. The first-order valence-corrected chi connectivity index (χ1v) is 10.7. The van der Waals surface area contributed by atoms with E-state index in [2.05, 4.69) is 10.00 Å². The number of hydrogen-bond acceptors (Lipinski definition) is 3. The monoisotopic (exact) mass is 372 g/mol. The van der Waals surface area contributed by atoms with Crippen molar-refractivity contribution in [2.45, 2.75) is 70.8 Å². The standard InChI is InChI=1S/C21H32N4O2/c1-15(26)25-12-6-5-9-19(25)16-10-13-24(14-11-16)21(27)20-17-7-3-4-8-18(17)22-23(20)2/h16,19H,3-14H2,1-2H3/t19-/m1/s1. The molecule has 0 aromatic carbocycles.